The van der Waals surface area contributed by atoms with Crippen LogP contribution in [0.15, 0.2) is 24.3 Å². The highest BCUT2D eigenvalue weighted by Gasteiger charge is 2.42. The van der Waals surface area contributed by atoms with Crippen molar-refractivity contribution in [2.75, 3.05) is 4.90 Å². The summed E-state index contributed by atoms with van der Waals surface area (Å²) in [7, 11) is 0. The Kier molecular flexibility index (Phi) is 2.04. The molecule has 1 aromatic carbocycles. The van der Waals surface area contributed by atoms with Gasteiger partial charge in [0.25, 0.3) is 0 Å². The van der Waals surface area contributed by atoms with Crippen LogP contribution >= 0.6 is 0 Å². The van der Waals surface area contributed by atoms with Crippen LogP contribution < -0.4 is 10.6 Å². The average molecular weight is 190 g/mol. The Balaban J connectivity index is 2.29. The fourth-order valence-corrected chi connectivity index (χ4v) is 1.79. The van der Waals surface area contributed by atoms with Gasteiger partial charge in [-0.3, -0.25) is 4.79 Å². The maximum absolute atomic E-state index is 11.5. The van der Waals surface area contributed by atoms with Crippen molar-refractivity contribution in [2.45, 2.75) is 25.9 Å². The minimum atomic E-state index is -0.324. The van der Waals surface area contributed by atoms with E-state index in [1.807, 2.05) is 38.1 Å². The molecule has 14 heavy (non-hydrogen) atoms. The molecule has 2 rings (SSSR count). The number of rotatable bonds is 1. The molecule has 0 aromatic heterocycles. The summed E-state index contributed by atoms with van der Waals surface area (Å²) >= 11 is 0. The van der Waals surface area contributed by atoms with Crippen molar-refractivity contribution in [3.05, 3.63) is 29.8 Å². The lowest BCUT2D eigenvalue weighted by Gasteiger charge is -2.43. The highest BCUT2D eigenvalue weighted by atomic mass is 16.2. The van der Waals surface area contributed by atoms with Gasteiger partial charge in [0.1, 0.15) is 6.04 Å². The first-order valence-corrected chi connectivity index (χ1v) is 4.76. The van der Waals surface area contributed by atoms with Crippen molar-refractivity contribution in [1.29, 1.82) is 0 Å². The van der Waals surface area contributed by atoms with Gasteiger partial charge in [-0.2, -0.15) is 0 Å². The van der Waals surface area contributed by atoms with E-state index in [1.165, 1.54) is 0 Å². The molecule has 2 atom stereocenters. The summed E-state index contributed by atoms with van der Waals surface area (Å²) in [6, 6.07) is 7.69. The molecular weight excluding hydrogens is 176 g/mol. The van der Waals surface area contributed by atoms with Gasteiger partial charge in [0.15, 0.2) is 0 Å². The summed E-state index contributed by atoms with van der Waals surface area (Å²) in [6.45, 7) is 3.98. The summed E-state index contributed by atoms with van der Waals surface area (Å²) in [6.07, 6.45) is 0. The number of anilines is 1. The molecule has 3 heteroatoms. The number of hydrogen-bond donors (Lipinski definition) is 1. The lowest BCUT2D eigenvalue weighted by molar-refractivity contribution is -0.125. The Labute approximate surface area is 83.5 Å². The Morgan fingerprint density at radius 3 is 2.71 bits per heavy atom. The van der Waals surface area contributed by atoms with Crippen LogP contribution in [0.4, 0.5) is 5.69 Å². The summed E-state index contributed by atoms with van der Waals surface area (Å²) in [5.74, 6) is 0.0168. The van der Waals surface area contributed by atoms with Crippen LogP contribution in [0, 0.1) is 6.92 Å². The van der Waals surface area contributed by atoms with Crippen LogP contribution in [0.25, 0.3) is 0 Å². The van der Waals surface area contributed by atoms with Gasteiger partial charge in [-0.05, 0) is 31.5 Å². The quantitative estimate of drug-likeness (QED) is 0.673. The van der Waals surface area contributed by atoms with Gasteiger partial charge in [-0.25, -0.2) is 0 Å². The smallest absolute Gasteiger partial charge is 0.246 e. The molecule has 0 radical (unpaired) electrons. The normalized spacial score (nSPS) is 26.2. The molecule has 1 aromatic rings. The molecule has 1 aliphatic rings. The van der Waals surface area contributed by atoms with Gasteiger partial charge in [0, 0.05) is 5.69 Å². The Bertz CT molecular complexity index is 375. The molecule has 0 bridgehead atoms. The minimum Gasteiger partial charge on any atom is -0.318 e. The van der Waals surface area contributed by atoms with E-state index in [2.05, 4.69) is 0 Å². The van der Waals surface area contributed by atoms with E-state index in [0.717, 1.165) is 11.3 Å². The lowest BCUT2D eigenvalue weighted by Crippen LogP contribution is -2.67. The van der Waals surface area contributed by atoms with Gasteiger partial charge in [-0.1, -0.05) is 12.1 Å². The summed E-state index contributed by atoms with van der Waals surface area (Å²) in [5, 5.41) is 0. The number of hydrogen-bond acceptors (Lipinski definition) is 2. The third-order valence-electron chi connectivity index (χ3n) is 2.73. The van der Waals surface area contributed by atoms with Crippen LogP contribution in [0.5, 0.6) is 0 Å². The Hall–Kier alpha value is -1.35. The van der Waals surface area contributed by atoms with Gasteiger partial charge >= 0.3 is 0 Å². The van der Waals surface area contributed by atoms with Crippen molar-refractivity contribution in [3.63, 3.8) is 0 Å². The summed E-state index contributed by atoms with van der Waals surface area (Å²) in [4.78, 5) is 13.2. The topological polar surface area (TPSA) is 46.3 Å². The van der Waals surface area contributed by atoms with E-state index >= 15 is 0 Å². The summed E-state index contributed by atoms with van der Waals surface area (Å²) < 4.78 is 0. The molecule has 1 amide bonds. The monoisotopic (exact) mass is 190 g/mol. The first-order valence-electron chi connectivity index (χ1n) is 4.76. The molecule has 74 valence electrons. The van der Waals surface area contributed by atoms with Crippen LogP contribution in [-0.4, -0.2) is 18.0 Å². The standard InChI is InChI=1S/C11H14N2O/c1-7-4-3-5-9(6-7)13-8(2)10(12)11(13)14/h3-6,8,10H,12H2,1-2H3/t8-,10-/m1/s1. The van der Waals surface area contributed by atoms with Crippen molar-refractivity contribution in [2.24, 2.45) is 5.73 Å². The first-order chi connectivity index (χ1) is 6.61. The van der Waals surface area contributed by atoms with E-state index < -0.39 is 0 Å². The van der Waals surface area contributed by atoms with E-state index in [0.29, 0.717) is 0 Å². The average Bonchev–Trinajstić information content (AvgIpc) is 2.18. The predicted molar refractivity (Wildman–Crippen MR) is 56.1 cm³/mol. The minimum absolute atomic E-state index is 0.0168. The number of benzene rings is 1. The molecule has 1 heterocycles. The predicted octanol–water partition coefficient (Wildman–Crippen LogP) is 1.06. The zero-order valence-electron chi connectivity index (χ0n) is 8.40. The van der Waals surface area contributed by atoms with Crippen LogP contribution in [0.1, 0.15) is 12.5 Å². The third-order valence-corrected chi connectivity index (χ3v) is 2.73. The molecule has 1 saturated heterocycles. The van der Waals surface area contributed by atoms with Gasteiger partial charge in [0.05, 0.1) is 6.04 Å². The third kappa shape index (κ3) is 1.21. The maximum Gasteiger partial charge on any atom is 0.246 e. The molecule has 1 fully saturated rings. The molecule has 0 saturated carbocycles. The number of nitrogens with two attached hydrogens (primary N) is 1. The Morgan fingerprint density at radius 2 is 2.14 bits per heavy atom. The first kappa shape index (κ1) is 9.21. The molecular formula is C11H14N2O. The number of amides is 1. The van der Waals surface area contributed by atoms with E-state index in [-0.39, 0.29) is 18.0 Å². The number of β-lactam (4-membered cyclic amide) rings is 1. The fraction of sp³-hybridized carbons (Fsp3) is 0.364. The van der Waals surface area contributed by atoms with Crippen LogP contribution in [0.2, 0.25) is 0 Å². The second-order valence-electron chi connectivity index (χ2n) is 3.81. The zero-order chi connectivity index (χ0) is 10.3. The van der Waals surface area contributed by atoms with Crippen molar-refractivity contribution >= 4 is 11.6 Å². The van der Waals surface area contributed by atoms with Gasteiger partial charge < -0.3 is 10.6 Å². The molecule has 1 aliphatic heterocycles. The molecule has 0 aliphatic carbocycles. The largest absolute Gasteiger partial charge is 0.318 e. The van der Waals surface area contributed by atoms with Crippen LogP contribution in [0.3, 0.4) is 0 Å². The number of carbonyl (C=O) groups is 1. The second-order valence-corrected chi connectivity index (χ2v) is 3.81. The van der Waals surface area contributed by atoms with Crippen LogP contribution in [-0.2, 0) is 4.79 Å². The van der Waals surface area contributed by atoms with E-state index in [9.17, 15) is 4.79 Å². The van der Waals surface area contributed by atoms with Crippen molar-refractivity contribution in [3.8, 4) is 0 Å². The maximum atomic E-state index is 11.5. The van der Waals surface area contributed by atoms with Gasteiger partial charge in [-0.15, -0.1) is 0 Å². The van der Waals surface area contributed by atoms with Crippen molar-refractivity contribution in [1.82, 2.24) is 0 Å². The number of carbonyl (C=O) groups excluding carboxylic acids is 1. The Morgan fingerprint density at radius 1 is 1.43 bits per heavy atom. The lowest BCUT2D eigenvalue weighted by atomic mass is 9.96. The van der Waals surface area contributed by atoms with E-state index in [1.54, 1.807) is 4.90 Å². The van der Waals surface area contributed by atoms with Crippen molar-refractivity contribution < 1.29 is 4.79 Å². The molecule has 0 spiro atoms. The highest BCUT2D eigenvalue weighted by Crippen LogP contribution is 2.27. The van der Waals surface area contributed by atoms with E-state index in [4.69, 9.17) is 5.73 Å². The number of nitrogens with zero attached hydrogens (tertiary/aromatic N) is 1. The fourth-order valence-electron chi connectivity index (χ4n) is 1.79. The molecule has 2 N–H and O–H groups in total. The second kappa shape index (κ2) is 3.10. The zero-order valence-corrected chi connectivity index (χ0v) is 8.40. The van der Waals surface area contributed by atoms with Gasteiger partial charge in [0.2, 0.25) is 5.91 Å². The molecule has 0 unspecified atom stereocenters. The molecule has 3 nitrogen and oxygen atoms in total. The highest BCUT2D eigenvalue weighted by molar-refractivity contribution is 6.05. The number of aryl methyl sites for hydroxylation is 1. The SMILES string of the molecule is Cc1cccc(N2C(=O)[C@H](N)[C@H]2C)c1. The summed E-state index contributed by atoms with van der Waals surface area (Å²) in [5.41, 5.74) is 7.74.